The third-order valence-electron chi connectivity index (χ3n) is 5.33. The molecule has 1 saturated carbocycles. The third kappa shape index (κ3) is 3.71. The van der Waals surface area contributed by atoms with E-state index in [-0.39, 0.29) is 5.41 Å². The highest BCUT2D eigenvalue weighted by atomic mass is 15.2. The molecule has 0 amide bonds. The van der Waals surface area contributed by atoms with Gasteiger partial charge in [-0.15, -0.1) is 0 Å². The van der Waals surface area contributed by atoms with Crippen molar-refractivity contribution in [3.63, 3.8) is 0 Å². The van der Waals surface area contributed by atoms with Crippen molar-refractivity contribution in [2.75, 3.05) is 13.1 Å². The number of piperidine rings is 1. The van der Waals surface area contributed by atoms with Gasteiger partial charge in [-0.1, -0.05) is 26.7 Å². The quantitative estimate of drug-likeness (QED) is 0.591. The Morgan fingerprint density at radius 2 is 1.89 bits per heavy atom. The summed E-state index contributed by atoms with van der Waals surface area (Å²) in [6.07, 6.45) is 10.8. The van der Waals surface area contributed by atoms with Crippen LogP contribution in [0, 0.1) is 16.7 Å². The SMILES string of the molecule is CC(C)(CCCN1CCCC2CCCCC21)C(=N)N. The Labute approximate surface area is 118 Å². The van der Waals surface area contributed by atoms with E-state index in [2.05, 4.69) is 18.7 Å². The highest BCUT2D eigenvalue weighted by Crippen LogP contribution is 2.35. The maximum Gasteiger partial charge on any atom is 0.0963 e. The summed E-state index contributed by atoms with van der Waals surface area (Å²) in [6.45, 7) is 6.68. The van der Waals surface area contributed by atoms with Crippen LogP contribution in [0.3, 0.4) is 0 Å². The van der Waals surface area contributed by atoms with Gasteiger partial charge in [-0.3, -0.25) is 5.41 Å². The number of amidine groups is 1. The Morgan fingerprint density at radius 1 is 1.21 bits per heavy atom. The molecule has 0 bridgehead atoms. The minimum Gasteiger partial charge on any atom is -0.387 e. The predicted molar refractivity (Wildman–Crippen MR) is 81.5 cm³/mol. The second-order valence-corrected chi connectivity index (χ2v) is 7.19. The van der Waals surface area contributed by atoms with Gasteiger partial charge >= 0.3 is 0 Å². The molecule has 1 aliphatic heterocycles. The van der Waals surface area contributed by atoms with Gasteiger partial charge in [0.2, 0.25) is 0 Å². The minimum atomic E-state index is -0.123. The molecule has 110 valence electrons. The molecular formula is C16H31N3. The monoisotopic (exact) mass is 265 g/mol. The number of nitrogens with two attached hydrogens (primary N) is 1. The van der Waals surface area contributed by atoms with E-state index in [1.165, 1.54) is 58.0 Å². The Kier molecular flexibility index (Phi) is 4.88. The molecule has 0 radical (unpaired) electrons. The van der Waals surface area contributed by atoms with E-state index >= 15 is 0 Å². The van der Waals surface area contributed by atoms with E-state index in [1.54, 1.807) is 0 Å². The van der Waals surface area contributed by atoms with Crippen molar-refractivity contribution in [2.24, 2.45) is 17.1 Å². The van der Waals surface area contributed by atoms with E-state index in [0.717, 1.165) is 18.4 Å². The molecule has 2 aliphatic rings. The highest BCUT2D eigenvalue weighted by molar-refractivity contribution is 5.82. The summed E-state index contributed by atoms with van der Waals surface area (Å²) in [5, 5.41) is 7.63. The molecule has 3 N–H and O–H groups in total. The van der Waals surface area contributed by atoms with Crippen LogP contribution in [0.5, 0.6) is 0 Å². The van der Waals surface area contributed by atoms with Crippen LogP contribution in [0.25, 0.3) is 0 Å². The van der Waals surface area contributed by atoms with Crippen molar-refractivity contribution in [3.05, 3.63) is 0 Å². The number of hydrogen-bond donors (Lipinski definition) is 2. The van der Waals surface area contributed by atoms with Crippen molar-refractivity contribution < 1.29 is 0 Å². The molecule has 3 heteroatoms. The molecule has 19 heavy (non-hydrogen) atoms. The molecule has 1 saturated heterocycles. The highest BCUT2D eigenvalue weighted by Gasteiger charge is 2.33. The third-order valence-corrected chi connectivity index (χ3v) is 5.33. The van der Waals surface area contributed by atoms with Gasteiger partial charge in [-0.05, 0) is 57.5 Å². The van der Waals surface area contributed by atoms with Crippen molar-refractivity contribution in [1.29, 1.82) is 5.41 Å². The average Bonchev–Trinajstić information content (AvgIpc) is 2.38. The summed E-state index contributed by atoms with van der Waals surface area (Å²) in [5.41, 5.74) is 5.54. The fourth-order valence-electron chi connectivity index (χ4n) is 3.86. The summed E-state index contributed by atoms with van der Waals surface area (Å²) in [7, 11) is 0. The molecular weight excluding hydrogens is 234 g/mol. The Bertz CT molecular complexity index is 309. The molecule has 0 spiro atoms. The van der Waals surface area contributed by atoms with Crippen molar-refractivity contribution in [1.82, 2.24) is 4.90 Å². The molecule has 2 fully saturated rings. The second-order valence-electron chi connectivity index (χ2n) is 7.19. The van der Waals surface area contributed by atoms with Gasteiger partial charge in [0.25, 0.3) is 0 Å². The van der Waals surface area contributed by atoms with Crippen LogP contribution >= 0.6 is 0 Å². The summed E-state index contributed by atoms with van der Waals surface area (Å²) in [5.74, 6) is 1.31. The van der Waals surface area contributed by atoms with E-state index in [1.807, 2.05) is 0 Å². The normalized spacial score (nSPS) is 28.9. The molecule has 2 atom stereocenters. The topological polar surface area (TPSA) is 53.1 Å². The first kappa shape index (κ1) is 14.8. The lowest BCUT2D eigenvalue weighted by Crippen LogP contribution is -2.47. The zero-order valence-corrected chi connectivity index (χ0v) is 12.8. The van der Waals surface area contributed by atoms with Crippen LogP contribution in [0.4, 0.5) is 0 Å². The van der Waals surface area contributed by atoms with E-state index in [4.69, 9.17) is 11.1 Å². The predicted octanol–water partition coefficient (Wildman–Crippen LogP) is 3.38. The van der Waals surface area contributed by atoms with E-state index < -0.39 is 0 Å². The zero-order valence-electron chi connectivity index (χ0n) is 12.8. The van der Waals surface area contributed by atoms with Crippen molar-refractivity contribution in [3.8, 4) is 0 Å². The molecule has 1 heterocycles. The van der Waals surface area contributed by atoms with Gasteiger partial charge in [-0.2, -0.15) is 0 Å². The van der Waals surface area contributed by atoms with Gasteiger partial charge < -0.3 is 10.6 Å². The van der Waals surface area contributed by atoms with Gasteiger partial charge in [0.15, 0.2) is 0 Å². The van der Waals surface area contributed by atoms with Crippen molar-refractivity contribution in [2.45, 2.75) is 71.3 Å². The number of hydrogen-bond acceptors (Lipinski definition) is 2. The van der Waals surface area contributed by atoms with Crippen LogP contribution in [0.1, 0.15) is 65.2 Å². The molecule has 2 unspecified atom stereocenters. The molecule has 2 rings (SSSR count). The first-order chi connectivity index (χ1) is 9.00. The number of fused-ring (bicyclic) bond motifs is 1. The lowest BCUT2D eigenvalue weighted by molar-refractivity contribution is 0.0583. The summed E-state index contributed by atoms with van der Waals surface area (Å²) >= 11 is 0. The second kappa shape index (κ2) is 6.25. The van der Waals surface area contributed by atoms with Crippen LogP contribution in [0.2, 0.25) is 0 Å². The van der Waals surface area contributed by atoms with Crippen LogP contribution in [0.15, 0.2) is 0 Å². The lowest BCUT2D eigenvalue weighted by atomic mass is 9.78. The van der Waals surface area contributed by atoms with E-state index in [9.17, 15) is 0 Å². The maximum absolute atomic E-state index is 7.63. The number of nitrogens with one attached hydrogen (secondary N) is 1. The van der Waals surface area contributed by atoms with Gasteiger partial charge in [0.1, 0.15) is 0 Å². The van der Waals surface area contributed by atoms with Crippen molar-refractivity contribution >= 4 is 5.84 Å². The lowest BCUT2D eigenvalue weighted by Gasteiger charge is -2.44. The fraction of sp³-hybridized carbons (Fsp3) is 0.938. The van der Waals surface area contributed by atoms with Gasteiger partial charge in [0, 0.05) is 11.5 Å². The standard InChI is InChI=1S/C16H31N3/c1-16(2,15(17)18)10-6-12-19-11-5-8-13-7-3-4-9-14(13)19/h13-14H,3-12H2,1-2H3,(H3,17,18). The smallest absolute Gasteiger partial charge is 0.0963 e. The van der Waals surface area contributed by atoms with Crippen LogP contribution < -0.4 is 5.73 Å². The van der Waals surface area contributed by atoms with Gasteiger partial charge in [-0.25, -0.2) is 0 Å². The zero-order chi connectivity index (χ0) is 13.9. The molecule has 1 aliphatic carbocycles. The fourth-order valence-corrected chi connectivity index (χ4v) is 3.86. The minimum absolute atomic E-state index is 0.123. The largest absolute Gasteiger partial charge is 0.387 e. The Hall–Kier alpha value is -0.570. The number of likely N-dealkylation sites (tertiary alicyclic amines) is 1. The molecule has 0 aromatic rings. The number of nitrogens with zero attached hydrogens (tertiary/aromatic N) is 1. The number of rotatable bonds is 5. The summed E-state index contributed by atoms with van der Waals surface area (Å²) < 4.78 is 0. The average molecular weight is 265 g/mol. The molecule has 3 nitrogen and oxygen atoms in total. The molecule has 0 aromatic heterocycles. The van der Waals surface area contributed by atoms with Gasteiger partial charge in [0.05, 0.1) is 5.84 Å². The van der Waals surface area contributed by atoms with Crippen LogP contribution in [-0.2, 0) is 0 Å². The maximum atomic E-state index is 7.63. The first-order valence-corrected chi connectivity index (χ1v) is 8.09. The van der Waals surface area contributed by atoms with Crippen LogP contribution in [-0.4, -0.2) is 29.9 Å². The summed E-state index contributed by atoms with van der Waals surface area (Å²) in [6, 6.07) is 0.864. The molecule has 0 aromatic carbocycles. The summed E-state index contributed by atoms with van der Waals surface area (Å²) in [4.78, 5) is 2.74. The van der Waals surface area contributed by atoms with E-state index in [0.29, 0.717) is 5.84 Å². The first-order valence-electron chi connectivity index (χ1n) is 8.09. The Balaban J connectivity index is 1.80. The Morgan fingerprint density at radius 3 is 2.63 bits per heavy atom.